The van der Waals surface area contributed by atoms with Crippen LogP contribution in [0.25, 0.3) is 0 Å². The number of anilines is 1. The first-order valence-electron chi connectivity index (χ1n) is 6.89. The van der Waals surface area contributed by atoms with E-state index in [-0.39, 0.29) is 11.9 Å². The van der Waals surface area contributed by atoms with E-state index in [1.54, 1.807) is 0 Å². The van der Waals surface area contributed by atoms with Gasteiger partial charge in [0.15, 0.2) is 11.6 Å². The third-order valence-electron chi connectivity index (χ3n) is 3.39. The van der Waals surface area contributed by atoms with Crippen molar-refractivity contribution >= 4 is 11.7 Å². The van der Waals surface area contributed by atoms with Crippen LogP contribution in [0.2, 0.25) is 0 Å². The molecular formula is C14H21FN4O. The number of carbonyl (C=O) groups excluding carboxylic acids is 1. The lowest BCUT2D eigenvalue weighted by atomic mass is 9.94. The smallest absolute Gasteiger partial charge is 0.225 e. The summed E-state index contributed by atoms with van der Waals surface area (Å²) in [6.45, 7) is 6.97. The average molecular weight is 280 g/mol. The van der Waals surface area contributed by atoms with Crippen molar-refractivity contribution in [2.45, 2.75) is 39.7 Å². The molecule has 0 aliphatic carbocycles. The second-order valence-corrected chi connectivity index (χ2v) is 6.20. The van der Waals surface area contributed by atoms with Gasteiger partial charge in [0.2, 0.25) is 5.91 Å². The molecule has 110 valence electrons. The molecule has 1 N–H and O–H groups in total. The van der Waals surface area contributed by atoms with E-state index in [9.17, 15) is 9.18 Å². The Morgan fingerprint density at radius 2 is 2.25 bits per heavy atom. The van der Waals surface area contributed by atoms with Crippen LogP contribution in [0, 0.1) is 11.2 Å². The Morgan fingerprint density at radius 1 is 1.50 bits per heavy atom. The summed E-state index contributed by atoms with van der Waals surface area (Å²) in [5, 5.41) is 3.03. The zero-order valence-electron chi connectivity index (χ0n) is 12.2. The molecule has 20 heavy (non-hydrogen) atoms. The first-order valence-corrected chi connectivity index (χ1v) is 6.89. The molecule has 1 fully saturated rings. The molecule has 1 aliphatic heterocycles. The number of carbonyl (C=O) groups is 1. The number of rotatable bonds is 2. The van der Waals surface area contributed by atoms with Crippen LogP contribution >= 0.6 is 0 Å². The monoisotopic (exact) mass is 280 g/mol. The number of aromatic nitrogens is 2. The molecule has 2 heterocycles. The zero-order valence-corrected chi connectivity index (χ0v) is 12.2. The molecule has 6 heteroatoms. The van der Waals surface area contributed by atoms with Gasteiger partial charge in [-0.1, -0.05) is 20.8 Å². The molecule has 1 atom stereocenters. The number of hydrogen-bond donors (Lipinski definition) is 1. The van der Waals surface area contributed by atoms with Gasteiger partial charge >= 0.3 is 0 Å². The van der Waals surface area contributed by atoms with Crippen LogP contribution < -0.4 is 10.2 Å². The summed E-state index contributed by atoms with van der Waals surface area (Å²) in [7, 11) is 0. The lowest BCUT2D eigenvalue weighted by Gasteiger charge is -2.35. The molecule has 0 radical (unpaired) electrons. The fraction of sp³-hybridized carbons (Fsp3) is 0.643. The molecule has 2 rings (SSSR count). The number of hydrogen-bond acceptors (Lipinski definition) is 4. The maximum atomic E-state index is 13.7. The van der Waals surface area contributed by atoms with E-state index in [1.165, 1.54) is 12.5 Å². The van der Waals surface area contributed by atoms with Crippen molar-refractivity contribution in [2.24, 2.45) is 5.41 Å². The van der Waals surface area contributed by atoms with Gasteiger partial charge in [0.25, 0.3) is 0 Å². The molecule has 1 aromatic rings. The van der Waals surface area contributed by atoms with E-state index in [0.717, 1.165) is 19.4 Å². The van der Waals surface area contributed by atoms with E-state index in [1.807, 2.05) is 25.7 Å². The van der Waals surface area contributed by atoms with Crippen LogP contribution in [-0.2, 0) is 4.79 Å². The summed E-state index contributed by atoms with van der Waals surface area (Å²) in [5.74, 6) is -0.0856. The van der Waals surface area contributed by atoms with Crippen molar-refractivity contribution in [3.8, 4) is 0 Å². The van der Waals surface area contributed by atoms with Gasteiger partial charge in [-0.3, -0.25) is 4.79 Å². The second-order valence-electron chi connectivity index (χ2n) is 6.20. The van der Waals surface area contributed by atoms with Crippen LogP contribution in [0.15, 0.2) is 12.5 Å². The second kappa shape index (κ2) is 5.73. The first-order chi connectivity index (χ1) is 9.38. The standard InChI is InChI=1S/C14H21FN4O/c1-14(2,3)13(20)18-10-5-4-6-19(8-10)12-11(15)7-16-9-17-12/h7,9-10H,4-6,8H2,1-3H3,(H,18,20). The molecule has 1 amide bonds. The zero-order chi connectivity index (χ0) is 14.8. The average Bonchev–Trinajstić information content (AvgIpc) is 2.38. The number of piperidine rings is 1. The Balaban J connectivity index is 2.03. The number of halogens is 1. The SMILES string of the molecule is CC(C)(C)C(=O)NC1CCCN(c2ncncc2F)C1. The molecule has 1 aliphatic rings. The van der Waals surface area contributed by atoms with Crippen molar-refractivity contribution in [2.75, 3.05) is 18.0 Å². The Hall–Kier alpha value is -1.72. The third kappa shape index (κ3) is 3.43. The summed E-state index contributed by atoms with van der Waals surface area (Å²) in [4.78, 5) is 21.5. The van der Waals surface area contributed by atoms with Crippen molar-refractivity contribution in [3.05, 3.63) is 18.3 Å². The van der Waals surface area contributed by atoms with Gasteiger partial charge in [-0.25, -0.2) is 14.4 Å². The van der Waals surface area contributed by atoms with Gasteiger partial charge in [-0.2, -0.15) is 0 Å². The summed E-state index contributed by atoms with van der Waals surface area (Å²) < 4.78 is 13.7. The van der Waals surface area contributed by atoms with Gasteiger partial charge < -0.3 is 10.2 Å². The van der Waals surface area contributed by atoms with E-state index < -0.39 is 11.2 Å². The molecule has 5 nitrogen and oxygen atoms in total. The van der Waals surface area contributed by atoms with Crippen LogP contribution in [0.1, 0.15) is 33.6 Å². The first kappa shape index (κ1) is 14.7. The van der Waals surface area contributed by atoms with Gasteiger partial charge in [0.1, 0.15) is 6.33 Å². The lowest BCUT2D eigenvalue weighted by Crippen LogP contribution is -2.50. The Labute approximate surface area is 118 Å². The molecule has 0 saturated carbocycles. The van der Waals surface area contributed by atoms with E-state index >= 15 is 0 Å². The minimum Gasteiger partial charge on any atom is -0.352 e. The highest BCUT2D eigenvalue weighted by molar-refractivity contribution is 5.81. The summed E-state index contributed by atoms with van der Waals surface area (Å²) in [6, 6.07) is 0.0323. The number of nitrogens with zero attached hydrogens (tertiary/aromatic N) is 3. The molecule has 0 spiro atoms. The van der Waals surface area contributed by atoms with Gasteiger partial charge in [-0.15, -0.1) is 0 Å². The maximum Gasteiger partial charge on any atom is 0.225 e. The fourth-order valence-electron chi connectivity index (χ4n) is 2.23. The fourth-order valence-corrected chi connectivity index (χ4v) is 2.23. The van der Waals surface area contributed by atoms with Gasteiger partial charge in [0, 0.05) is 24.5 Å². The third-order valence-corrected chi connectivity index (χ3v) is 3.39. The van der Waals surface area contributed by atoms with Gasteiger partial charge in [0.05, 0.1) is 6.20 Å². The minimum absolute atomic E-state index is 0.0208. The molecule has 0 bridgehead atoms. The van der Waals surface area contributed by atoms with Crippen LogP contribution in [0.5, 0.6) is 0 Å². The van der Waals surface area contributed by atoms with Crippen LogP contribution in [0.3, 0.4) is 0 Å². The Kier molecular flexibility index (Phi) is 4.20. The van der Waals surface area contributed by atoms with E-state index in [2.05, 4.69) is 15.3 Å². The highest BCUT2D eigenvalue weighted by atomic mass is 19.1. The van der Waals surface area contributed by atoms with Crippen LogP contribution in [-0.4, -0.2) is 35.0 Å². The predicted octanol–water partition coefficient (Wildman–Crippen LogP) is 1.75. The molecular weight excluding hydrogens is 259 g/mol. The molecule has 1 aromatic heterocycles. The van der Waals surface area contributed by atoms with Crippen molar-refractivity contribution in [1.82, 2.24) is 15.3 Å². The number of nitrogens with one attached hydrogen (secondary N) is 1. The van der Waals surface area contributed by atoms with Crippen molar-refractivity contribution < 1.29 is 9.18 Å². The van der Waals surface area contributed by atoms with Gasteiger partial charge in [-0.05, 0) is 12.8 Å². The summed E-state index contributed by atoms with van der Waals surface area (Å²) in [6.07, 6.45) is 4.32. The minimum atomic E-state index is -0.421. The summed E-state index contributed by atoms with van der Waals surface area (Å²) >= 11 is 0. The molecule has 1 unspecified atom stereocenters. The molecule has 1 saturated heterocycles. The predicted molar refractivity (Wildman–Crippen MR) is 74.8 cm³/mol. The van der Waals surface area contributed by atoms with Crippen molar-refractivity contribution in [1.29, 1.82) is 0 Å². The quantitative estimate of drug-likeness (QED) is 0.896. The topological polar surface area (TPSA) is 58.1 Å². The Bertz CT molecular complexity index is 486. The van der Waals surface area contributed by atoms with E-state index in [4.69, 9.17) is 0 Å². The molecule has 0 aromatic carbocycles. The highest BCUT2D eigenvalue weighted by Crippen LogP contribution is 2.21. The van der Waals surface area contributed by atoms with E-state index in [0.29, 0.717) is 12.4 Å². The summed E-state index contributed by atoms with van der Waals surface area (Å²) in [5.41, 5.74) is -0.414. The van der Waals surface area contributed by atoms with Crippen molar-refractivity contribution in [3.63, 3.8) is 0 Å². The Morgan fingerprint density at radius 3 is 2.90 bits per heavy atom. The normalized spacial score (nSPS) is 19.8. The highest BCUT2D eigenvalue weighted by Gasteiger charge is 2.28. The maximum absolute atomic E-state index is 13.7. The largest absolute Gasteiger partial charge is 0.352 e. The van der Waals surface area contributed by atoms with Crippen LogP contribution in [0.4, 0.5) is 10.2 Å². The number of amides is 1. The lowest BCUT2D eigenvalue weighted by molar-refractivity contribution is -0.129.